The Bertz CT molecular complexity index is 1390. The molecule has 0 aliphatic heterocycles. The summed E-state index contributed by atoms with van der Waals surface area (Å²) in [6.07, 6.45) is -4.78. The van der Waals surface area contributed by atoms with Crippen LogP contribution in [0.5, 0.6) is 0 Å². The highest BCUT2D eigenvalue weighted by Crippen LogP contribution is 2.36. The summed E-state index contributed by atoms with van der Waals surface area (Å²) in [5.74, 6) is -0.945. The Labute approximate surface area is 192 Å². The van der Waals surface area contributed by atoms with Crippen molar-refractivity contribution >= 4 is 33.0 Å². The summed E-state index contributed by atoms with van der Waals surface area (Å²) in [5, 5.41) is 1.96. The number of rotatable bonds is 5. The first-order valence-electron chi connectivity index (χ1n) is 9.50. The molecule has 0 saturated carbocycles. The summed E-state index contributed by atoms with van der Waals surface area (Å²) in [6, 6.07) is 11.6. The molecule has 1 N–H and O–H groups in total. The number of aromatic nitrogens is 1. The highest BCUT2D eigenvalue weighted by Gasteiger charge is 2.34. The molecule has 3 rings (SSSR count). The number of hydrogen-bond donors (Lipinski definition) is 1. The average molecular weight is 499 g/mol. The molecule has 2 aromatic carbocycles. The van der Waals surface area contributed by atoms with Gasteiger partial charge in [0.05, 0.1) is 16.1 Å². The van der Waals surface area contributed by atoms with Gasteiger partial charge in [-0.1, -0.05) is 29.8 Å². The fourth-order valence-electron chi connectivity index (χ4n) is 3.34. The Balaban J connectivity index is 2.00. The number of alkyl halides is 3. The SMILES string of the molecule is Cc1cc(C)n(CC(=O)Nc2ccc(Cl)cc2C(F)(F)F)c(=O)c1S(=O)(=O)c1ccccc1. The van der Waals surface area contributed by atoms with Crippen molar-refractivity contribution in [2.75, 3.05) is 5.32 Å². The Morgan fingerprint density at radius 3 is 2.30 bits per heavy atom. The van der Waals surface area contributed by atoms with Crippen LogP contribution < -0.4 is 10.9 Å². The molecule has 0 radical (unpaired) electrons. The van der Waals surface area contributed by atoms with E-state index >= 15 is 0 Å². The topological polar surface area (TPSA) is 85.2 Å². The Kier molecular flexibility index (Phi) is 6.71. The smallest absolute Gasteiger partial charge is 0.324 e. The molecule has 0 unspecified atom stereocenters. The second-order valence-electron chi connectivity index (χ2n) is 7.24. The highest BCUT2D eigenvalue weighted by molar-refractivity contribution is 7.91. The number of halogens is 4. The van der Waals surface area contributed by atoms with Gasteiger partial charge in [-0.2, -0.15) is 13.2 Å². The number of amides is 1. The number of hydrogen-bond acceptors (Lipinski definition) is 4. The van der Waals surface area contributed by atoms with E-state index in [1.165, 1.54) is 50.2 Å². The van der Waals surface area contributed by atoms with Crippen LogP contribution in [0.15, 0.2) is 69.2 Å². The van der Waals surface area contributed by atoms with Crippen molar-refractivity contribution in [1.82, 2.24) is 4.57 Å². The minimum absolute atomic E-state index is 0.0963. The van der Waals surface area contributed by atoms with Crippen molar-refractivity contribution < 1.29 is 26.4 Å². The van der Waals surface area contributed by atoms with Crippen molar-refractivity contribution in [2.45, 2.75) is 36.4 Å². The van der Waals surface area contributed by atoms with E-state index in [0.717, 1.165) is 10.6 Å². The lowest BCUT2D eigenvalue weighted by Gasteiger charge is -2.17. The molecule has 0 aliphatic carbocycles. The van der Waals surface area contributed by atoms with Gasteiger partial charge in [0.25, 0.3) is 5.56 Å². The van der Waals surface area contributed by atoms with Crippen LogP contribution in [0.25, 0.3) is 0 Å². The van der Waals surface area contributed by atoms with Crippen LogP contribution in [0.1, 0.15) is 16.8 Å². The Hall–Kier alpha value is -3.11. The lowest BCUT2D eigenvalue weighted by molar-refractivity contribution is -0.137. The summed E-state index contributed by atoms with van der Waals surface area (Å²) >= 11 is 5.64. The Morgan fingerprint density at radius 1 is 1.06 bits per heavy atom. The van der Waals surface area contributed by atoms with Gasteiger partial charge in [-0.3, -0.25) is 9.59 Å². The molecule has 3 aromatic rings. The van der Waals surface area contributed by atoms with Gasteiger partial charge in [-0.15, -0.1) is 0 Å². The molecule has 1 amide bonds. The van der Waals surface area contributed by atoms with Crippen LogP contribution in [-0.2, 0) is 27.4 Å². The summed E-state index contributed by atoms with van der Waals surface area (Å²) in [5.41, 5.74) is -2.17. The molecule has 1 heterocycles. The van der Waals surface area contributed by atoms with Gasteiger partial charge in [0.1, 0.15) is 11.4 Å². The third-order valence-electron chi connectivity index (χ3n) is 4.83. The molecule has 174 valence electrons. The molecule has 0 bridgehead atoms. The summed E-state index contributed by atoms with van der Waals surface area (Å²) < 4.78 is 66.9. The number of nitrogens with one attached hydrogen (secondary N) is 1. The van der Waals surface area contributed by atoms with Gasteiger partial charge in [-0.05, 0) is 55.8 Å². The number of nitrogens with zero attached hydrogens (tertiary/aromatic N) is 1. The first-order chi connectivity index (χ1) is 15.3. The maximum Gasteiger partial charge on any atom is 0.418 e. The van der Waals surface area contributed by atoms with E-state index in [9.17, 15) is 31.2 Å². The summed E-state index contributed by atoms with van der Waals surface area (Å²) in [4.78, 5) is 25.0. The van der Waals surface area contributed by atoms with E-state index in [0.29, 0.717) is 6.07 Å². The van der Waals surface area contributed by atoms with Crippen molar-refractivity contribution in [2.24, 2.45) is 0 Å². The predicted molar refractivity (Wildman–Crippen MR) is 117 cm³/mol. The zero-order valence-corrected chi connectivity index (χ0v) is 19.0. The number of benzene rings is 2. The first kappa shape index (κ1) is 24.5. The fourth-order valence-corrected chi connectivity index (χ4v) is 5.09. The van der Waals surface area contributed by atoms with Crippen LogP contribution >= 0.6 is 11.6 Å². The van der Waals surface area contributed by atoms with Gasteiger partial charge in [0, 0.05) is 10.7 Å². The molecule has 33 heavy (non-hydrogen) atoms. The van der Waals surface area contributed by atoms with Crippen molar-refractivity contribution in [3.8, 4) is 0 Å². The molecular weight excluding hydrogens is 481 g/mol. The van der Waals surface area contributed by atoms with Crippen LogP contribution in [0.4, 0.5) is 18.9 Å². The Morgan fingerprint density at radius 2 is 1.70 bits per heavy atom. The number of pyridine rings is 1. The zero-order valence-electron chi connectivity index (χ0n) is 17.4. The largest absolute Gasteiger partial charge is 0.418 e. The normalized spacial score (nSPS) is 11.9. The number of carbonyl (C=O) groups is 1. The van der Waals surface area contributed by atoms with E-state index in [1.807, 2.05) is 0 Å². The van der Waals surface area contributed by atoms with Gasteiger partial charge in [-0.25, -0.2) is 8.42 Å². The maximum atomic E-state index is 13.3. The lowest BCUT2D eigenvalue weighted by Crippen LogP contribution is -2.33. The molecular formula is C22H18ClF3N2O4S. The third-order valence-corrected chi connectivity index (χ3v) is 7.00. The van der Waals surface area contributed by atoms with Crippen molar-refractivity contribution in [3.63, 3.8) is 0 Å². The second kappa shape index (κ2) is 9.03. The number of sulfone groups is 1. The molecule has 0 aliphatic rings. The van der Waals surface area contributed by atoms with Crippen LogP contribution in [0, 0.1) is 13.8 Å². The van der Waals surface area contributed by atoms with Gasteiger partial charge < -0.3 is 9.88 Å². The predicted octanol–water partition coefficient (Wildman–Crippen LogP) is 4.61. The minimum Gasteiger partial charge on any atom is -0.324 e. The quantitative estimate of drug-likeness (QED) is 0.556. The van der Waals surface area contributed by atoms with Gasteiger partial charge in [0.2, 0.25) is 15.7 Å². The number of anilines is 1. The van der Waals surface area contributed by atoms with Gasteiger partial charge in [0.15, 0.2) is 0 Å². The van der Waals surface area contributed by atoms with E-state index in [-0.39, 0.29) is 21.2 Å². The van der Waals surface area contributed by atoms with E-state index in [2.05, 4.69) is 5.32 Å². The summed E-state index contributed by atoms with van der Waals surface area (Å²) in [7, 11) is -4.19. The minimum atomic E-state index is -4.78. The first-order valence-corrected chi connectivity index (χ1v) is 11.4. The van der Waals surface area contributed by atoms with Crippen LogP contribution in [0.3, 0.4) is 0 Å². The molecule has 0 saturated heterocycles. The fraction of sp³-hybridized carbons (Fsp3) is 0.182. The molecule has 0 spiro atoms. The van der Waals surface area contributed by atoms with Crippen molar-refractivity contribution in [3.05, 3.63) is 86.8 Å². The van der Waals surface area contributed by atoms with Crippen LogP contribution in [0.2, 0.25) is 5.02 Å². The van der Waals surface area contributed by atoms with Crippen molar-refractivity contribution in [1.29, 1.82) is 0 Å². The lowest BCUT2D eigenvalue weighted by atomic mass is 10.1. The van der Waals surface area contributed by atoms with Crippen LogP contribution in [-0.4, -0.2) is 18.9 Å². The average Bonchev–Trinajstić information content (AvgIpc) is 2.72. The molecule has 11 heteroatoms. The number of aryl methyl sites for hydroxylation is 2. The zero-order chi connectivity index (χ0) is 24.6. The second-order valence-corrected chi connectivity index (χ2v) is 9.56. The summed E-state index contributed by atoms with van der Waals surface area (Å²) in [6.45, 7) is 2.25. The molecule has 6 nitrogen and oxygen atoms in total. The third kappa shape index (κ3) is 5.12. The standard InChI is InChI=1S/C22H18ClF3N2O4S/c1-13-10-14(2)28(21(30)20(13)33(31,32)16-6-4-3-5-7-16)12-19(29)27-18-9-8-15(23)11-17(18)22(24,25)26/h3-11H,12H2,1-2H3,(H,27,29). The van der Waals surface area contributed by atoms with E-state index in [1.54, 1.807) is 6.07 Å². The van der Waals surface area contributed by atoms with E-state index < -0.39 is 50.2 Å². The molecule has 0 atom stereocenters. The molecule has 1 aromatic heterocycles. The highest BCUT2D eigenvalue weighted by atomic mass is 35.5. The molecule has 0 fully saturated rings. The van der Waals surface area contributed by atoms with E-state index in [4.69, 9.17) is 11.6 Å². The monoisotopic (exact) mass is 498 g/mol. The van der Waals surface area contributed by atoms with Gasteiger partial charge >= 0.3 is 6.18 Å². The maximum absolute atomic E-state index is 13.3. The number of carbonyl (C=O) groups excluding carboxylic acids is 1.